The van der Waals surface area contributed by atoms with E-state index >= 15 is 0 Å². The summed E-state index contributed by atoms with van der Waals surface area (Å²) in [4.78, 5) is 0. The minimum Gasteiger partial charge on any atom is -0.362 e. The molecule has 0 aliphatic rings. The van der Waals surface area contributed by atoms with Crippen molar-refractivity contribution in [2.24, 2.45) is 0 Å². The Hall–Kier alpha value is -1.16. The molecule has 0 aliphatic heterocycles. The predicted octanol–water partition coefficient (Wildman–Crippen LogP) is 1.19. The zero-order valence-electron chi connectivity index (χ0n) is 9.26. The quantitative estimate of drug-likeness (QED) is 0.756. The normalized spacial score (nSPS) is 11.4. The lowest BCUT2D eigenvalue weighted by Gasteiger charge is -2.26. The van der Waals surface area contributed by atoms with Gasteiger partial charge in [0.25, 0.3) is 0 Å². The minimum absolute atomic E-state index is 0.0152. The van der Waals surface area contributed by atoms with Crippen LogP contribution in [0.2, 0.25) is 0 Å². The molecule has 0 saturated heterocycles. The number of rotatable bonds is 4. The number of likely N-dealkylation sites (N-methyl/N-ethyl adjacent to an activating group) is 1. The molecule has 0 atom stereocenters. The number of aryl methyl sites for hydroxylation is 1. The van der Waals surface area contributed by atoms with E-state index in [4.69, 9.17) is 0 Å². The Balaban J connectivity index is 2.64. The highest BCUT2D eigenvalue weighted by Gasteiger charge is 2.16. The number of hydrogen-bond donors (Lipinski definition) is 2. The molecule has 0 amide bonds. The Morgan fingerprint density at radius 2 is 2.00 bits per heavy atom. The molecule has 1 aromatic heterocycles. The van der Waals surface area contributed by atoms with E-state index in [0.29, 0.717) is 0 Å². The molecular weight excluding hydrogens is 176 g/mol. The monoisotopic (exact) mass is 194 g/mol. The van der Waals surface area contributed by atoms with Gasteiger partial charge in [0.2, 0.25) is 0 Å². The van der Waals surface area contributed by atoms with Gasteiger partial charge in [0, 0.05) is 12.1 Å². The van der Waals surface area contributed by atoms with Crippen LogP contribution in [0.1, 0.15) is 19.5 Å². The summed E-state index contributed by atoms with van der Waals surface area (Å²) in [6, 6.07) is 3.89. The van der Waals surface area contributed by atoms with Crippen LogP contribution in [0, 0.1) is 6.92 Å². The van der Waals surface area contributed by atoms with E-state index in [2.05, 4.69) is 34.7 Å². The van der Waals surface area contributed by atoms with Gasteiger partial charge in [-0.3, -0.25) is 0 Å². The van der Waals surface area contributed by atoms with Gasteiger partial charge in [-0.25, -0.2) is 0 Å². The molecule has 14 heavy (non-hydrogen) atoms. The van der Waals surface area contributed by atoms with Crippen molar-refractivity contribution in [1.82, 2.24) is 15.5 Å². The molecule has 0 fully saturated rings. The van der Waals surface area contributed by atoms with Crippen molar-refractivity contribution < 1.29 is 0 Å². The molecule has 4 heteroatoms. The summed E-state index contributed by atoms with van der Waals surface area (Å²) >= 11 is 0. The average Bonchev–Trinajstić information content (AvgIpc) is 2.08. The lowest BCUT2D eigenvalue weighted by atomic mass is 10.1. The molecule has 78 valence electrons. The van der Waals surface area contributed by atoms with Crippen LogP contribution >= 0.6 is 0 Å². The van der Waals surface area contributed by atoms with Gasteiger partial charge in [-0.1, -0.05) is 0 Å². The van der Waals surface area contributed by atoms with E-state index in [1.165, 1.54) is 0 Å². The lowest BCUT2D eigenvalue weighted by molar-refractivity contribution is 0.527. The highest BCUT2D eigenvalue weighted by atomic mass is 15.2. The predicted molar refractivity (Wildman–Crippen MR) is 58.4 cm³/mol. The van der Waals surface area contributed by atoms with Crippen molar-refractivity contribution in [2.45, 2.75) is 26.3 Å². The van der Waals surface area contributed by atoms with Crippen molar-refractivity contribution in [3.8, 4) is 0 Å². The number of nitrogens with zero attached hydrogens (tertiary/aromatic N) is 2. The first-order valence-corrected chi connectivity index (χ1v) is 4.77. The minimum atomic E-state index is -0.0152. The third kappa shape index (κ3) is 3.30. The van der Waals surface area contributed by atoms with Crippen molar-refractivity contribution in [3.05, 3.63) is 17.8 Å². The summed E-state index contributed by atoms with van der Waals surface area (Å²) in [6.45, 7) is 7.04. The molecule has 0 aliphatic carbocycles. The van der Waals surface area contributed by atoms with Crippen LogP contribution in [-0.4, -0.2) is 29.3 Å². The first-order valence-electron chi connectivity index (χ1n) is 4.77. The molecule has 2 N–H and O–H groups in total. The summed E-state index contributed by atoms with van der Waals surface area (Å²) in [5.41, 5.74) is 0.917. The highest BCUT2D eigenvalue weighted by molar-refractivity contribution is 5.36. The van der Waals surface area contributed by atoms with Crippen LogP contribution in [0.3, 0.4) is 0 Å². The average molecular weight is 194 g/mol. The van der Waals surface area contributed by atoms with Gasteiger partial charge < -0.3 is 10.6 Å². The second-order valence-electron chi connectivity index (χ2n) is 4.10. The van der Waals surface area contributed by atoms with Crippen molar-refractivity contribution in [3.63, 3.8) is 0 Å². The topological polar surface area (TPSA) is 49.8 Å². The second-order valence-corrected chi connectivity index (χ2v) is 4.10. The maximum absolute atomic E-state index is 4.06. The summed E-state index contributed by atoms with van der Waals surface area (Å²) in [5, 5.41) is 14.5. The summed E-state index contributed by atoms with van der Waals surface area (Å²) in [7, 11) is 1.93. The number of nitrogens with one attached hydrogen (secondary N) is 2. The Morgan fingerprint density at radius 3 is 2.50 bits per heavy atom. The van der Waals surface area contributed by atoms with E-state index in [9.17, 15) is 0 Å². The zero-order valence-corrected chi connectivity index (χ0v) is 9.26. The molecule has 1 heterocycles. The van der Waals surface area contributed by atoms with Crippen LogP contribution in [0.25, 0.3) is 0 Å². The largest absolute Gasteiger partial charge is 0.362 e. The fourth-order valence-corrected chi connectivity index (χ4v) is 1.30. The molecule has 1 rings (SSSR count). The maximum Gasteiger partial charge on any atom is 0.149 e. The van der Waals surface area contributed by atoms with Crippen LogP contribution in [0.15, 0.2) is 12.1 Å². The first-order chi connectivity index (χ1) is 6.53. The van der Waals surface area contributed by atoms with Crippen molar-refractivity contribution in [2.75, 3.05) is 18.9 Å². The van der Waals surface area contributed by atoms with E-state index in [0.717, 1.165) is 18.1 Å². The Kier molecular flexibility index (Phi) is 3.41. The van der Waals surface area contributed by atoms with Crippen molar-refractivity contribution >= 4 is 5.82 Å². The number of hydrogen-bond acceptors (Lipinski definition) is 4. The fraction of sp³-hybridized carbons (Fsp3) is 0.600. The highest BCUT2D eigenvalue weighted by Crippen LogP contribution is 2.10. The fourth-order valence-electron chi connectivity index (χ4n) is 1.30. The third-order valence-electron chi connectivity index (χ3n) is 1.88. The summed E-state index contributed by atoms with van der Waals surface area (Å²) < 4.78 is 0. The van der Waals surface area contributed by atoms with Gasteiger partial charge in [0.15, 0.2) is 0 Å². The molecule has 0 spiro atoms. The molecule has 0 saturated carbocycles. The number of anilines is 1. The molecule has 0 bridgehead atoms. The van der Waals surface area contributed by atoms with E-state index < -0.39 is 0 Å². The Labute approximate surface area is 85.1 Å². The van der Waals surface area contributed by atoms with Crippen molar-refractivity contribution in [1.29, 1.82) is 0 Å². The first kappa shape index (κ1) is 10.9. The Morgan fingerprint density at radius 1 is 1.29 bits per heavy atom. The Bertz CT molecular complexity index is 279. The summed E-state index contributed by atoms with van der Waals surface area (Å²) in [5.74, 6) is 0.816. The molecule has 1 aromatic rings. The molecule has 0 aromatic carbocycles. The van der Waals surface area contributed by atoms with Crippen LogP contribution in [-0.2, 0) is 0 Å². The second kappa shape index (κ2) is 4.37. The van der Waals surface area contributed by atoms with E-state index in [-0.39, 0.29) is 5.54 Å². The van der Waals surface area contributed by atoms with Gasteiger partial charge in [-0.2, -0.15) is 5.10 Å². The van der Waals surface area contributed by atoms with E-state index in [1.54, 1.807) is 0 Å². The lowest BCUT2D eigenvalue weighted by Crippen LogP contribution is -2.40. The standard InChI is InChI=1S/C10H18N4/c1-8-5-6-9(14-13-8)12-10(2,3)7-11-4/h5-6,11H,7H2,1-4H3,(H,12,14). The summed E-state index contributed by atoms with van der Waals surface area (Å²) in [6.07, 6.45) is 0. The van der Waals surface area contributed by atoms with E-state index in [1.807, 2.05) is 26.1 Å². The molecule has 4 nitrogen and oxygen atoms in total. The van der Waals surface area contributed by atoms with Gasteiger partial charge in [0.1, 0.15) is 5.82 Å². The maximum atomic E-state index is 4.06. The van der Waals surface area contributed by atoms with Gasteiger partial charge in [-0.05, 0) is 40.0 Å². The molecule has 0 unspecified atom stereocenters. The van der Waals surface area contributed by atoms with Gasteiger partial charge in [0.05, 0.1) is 5.69 Å². The third-order valence-corrected chi connectivity index (χ3v) is 1.88. The van der Waals surface area contributed by atoms with Gasteiger partial charge >= 0.3 is 0 Å². The smallest absolute Gasteiger partial charge is 0.149 e. The number of aromatic nitrogens is 2. The zero-order chi connectivity index (χ0) is 10.6. The molecule has 0 radical (unpaired) electrons. The van der Waals surface area contributed by atoms with Gasteiger partial charge in [-0.15, -0.1) is 5.10 Å². The SMILES string of the molecule is CNCC(C)(C)Nc1ccc(C)nn1. The molecular formula is C10H18N4. The van der Waals surface area contributed by atoms with Crippen LogP contribution in [0.5, 0.6) is 0 Å². The van der Waals surface area contributed by atoms with Crippen LogP contribution in [0.4, 0.5) is 5.82 Å². The van der Waals surface area contributed by atoms with Crippen LogP contribution < -0.4 is 10.6 Å².